The van der Waals surface area contributed by atoms with Crippen molar-refractivity contribution < 1.29 is 9.73 Å². The van der Waals surface area contributed by atoms with Crippen LogP contribution in [0.25, 0.3) is 0 Å². The van der Waals surface area contributed by atoms with Crippen LogP contribution in [0.3, 0.4) is 0 Å². The zero-order valence-corrected chi connectivity index (χ0v) is 15.9. The van der Waals surface area contributed by atoms with Crippen molar-refractivity contribution in [2.24, 2.45) is 0 Å². The highest BCUT2D eigenvalue weighted by Crippen LogP contribution is 2.36. The molecule has 0 spiro atoms. The normalized spacial score (nSPS) is 17.5. The molecule has 1 unspecified atom stereocenters. The summed E-state index contributed by atoms with van der Waals surface area (Å²) < 4.78 is 6.36. The van der Waals surface area contributed by atoms with Crippen LogP contribution >= 0.6 is 0 Å². The molecule has 2 aromatic carbocycles. The molecular weight excluding hydrogens is 322 g/mol. The molecule has 0 bridgehead atoms. The highest BCUT2D eigenvalue weighted by Gasteiger charge is 2.35. The van der Waals surface area contributed by atoms with Gasteiger partial charge in [0.05, 0.1) is 11.6 Å². The number of hydrogen-bond acceptors (Lipinski definition) is 3. The number of nitrogens with one attached hydrogen (secondary N) is 1. The number of anilines is 1. The molecule has 1 N–H and O–H groups in total. The summed E-state index contributed by atoms with van der Waals surface area (Å²) in [6.45, 7) is 6.32. The van der Waals surface area contributed by atoms with Crippen LogP contribution in [0.15, 0.2) is 54.3 Å². The fourth-order valence-electron chi connectivity index (χ4n) is 3.81. The van der Waals surface area contributed by atoms with Crippen LogP contribution in [0.4, 0.5) is 11.4 Å². The molecule has 4 heteroatoms. The second kappa shape index (κ2) is 6.61. The zero-order valence-electron chi connectivity index (χ0n) is 15.9. The molecule has 0 saturated heterocycles. The van der Waals surface area contributed by atoms with Gasteiger partial charge in [0.25, 0.3) is 5.71 Å². The van der Waals surface area contributed by atoms with Gasteiger partial charge in [0, 0.05) is 30.9 Å². The fourth-order valence-corrected chi connectivity index (χ4v) is 3.81. The van der Waals surface area contributed by atoms with Crippen molar-refractivity contribution in [2.75, 3.05) is 32.1 Å². The first-order valence-electron chi connectivity index (χ1n) is 9.31. The lowest BCUT2D eigenvalue weighted by Crippen LogP contribution is -2.70. The lowest BCUT2D eigenvalue weighted by molar-refractivity contribution is -0.358. The van der Waals surface area contributed by atoms with Crippen molar-refractivity contribution in [1.29, 1.82) is 0 Å². The lowest BCUT2D eigenvalue weighted by atomic mass is 9.89. The van der Waals surface area contributed by atoms with Crippen molar-refractivity contribution >= 4 is 17.1 Å². The molecule has 0 amide bonds. The number of rotatable bonds is 4. The van der Waals surface area contributed by atoms with Crippen molar-refractivity contribution in [1.82, 2.24) is 4.90 Å². The van der Waals surface area contributed by atoms with E-state index in [1.807, 2.05) is 0 Å². The van der Waals surface area contributed by atoms with E-state index in [2.05, 4.69) is 91.3 Å². The summed E-state index contributed by atoms with van der Waals surface area (Å²) in [5, 5.41) is 0. The Hall–Kier alpha value is -2.59. The molecule has 4 rings (SSSR count). The van der Waals surface area contributed by atoms with E-state index in [9.17, 15) is 0 Å². The second-order valence-electron chi connectivity index (χ2n) is 6.98. The van der Waals surface area contributed by atoms with E-state index in [1.54, 1.807) is 0 Å². The third kappa shape index (κ3) is 2.71. The van der Waals surface area contributed by atoms with Gasteiger partial charge in [0.15, 0.2) is 5.76 Å². The Morgan fingerprint density at radius 1 is 1.04 bits per heavy atom. The van der Waals surface area contributed by atoms with Gasteiger partial charge in [-0.2, -0.15) is 4.99 Å². The maximum absolute atomic E-state index is 6.36. The van der Waals surface area contributed by atoms with Gasteiger partial charge in [0.2, 0.25) is 11.4 Å². The van der Waals surface area contributed by atoms with E-state index in [1.165, 1.54) is 16.8 Å². The molecule has 0 radical (unpaired) electrons. The Morgan fingerprint density at radius 2 is 1.81 bits per heavy atom. The van der Waals surface area contributed by atoms with Crippen molar-refractivity contribution in [3.63, 3.8) is 0 Å². The topological polar surface area (TPSA) is 29.7 Å². The van der Waals surface area contributed by atoms with Crippen LogP contribution in [0.1, 0.15) is 31.0 Å². The van der Waals surface area contributed by atoms with E-state index in [0.29, 0.717) is 0 Å². The summed E-state index contributed by atoms with van der Waals surface area (Å²) >= 11 is 0. The first-order chi connectivity index (χ1) is 12.6. The quantitative estimate of drug-likeness (QED) is 0.921. The molecule has 2 aliphatic rings. The second-order valence-corrected chi connectivity index (χ2v) is 6.98. The maximum atomic E-state index is 6.36. The maximum Gasteiger partial charge on any atom is 0.254 e. The van der Waals surface area contributed by atoms with Crippen LogP contribution in [0.2, 0.25) is 0 Å². The predicted molar refractivity (Wildman–Crippen MR) is 106 cm³/mol. The van der Waals surface area contributed by atoms with Crippen LogP contribution < -0.4 is 14.6 Å². The summed E-state index contributed by atoms with van der Waals surface area (Å²) in [6, 6.07) is 15.2. The van der Waals surface area contributed by atoms with Gasteiger partial charge in [-0.05, 0) is 51.7 Å². The van der Waals surface area contributed by atoms with Crippen LogP contribution in [-0.2, 0) is 0 Å². The average Bonchev–Trinajstić information content (AvgIpc) is 2.66. The number of nitrogens with zero attached hydrogens (tertiary/aromatic N) is 2. The molecule has 0 aromatic heterocycles. The Labute approximate surface area is 155 Å². The van der Waals surface area contributed by atoms with Crippen LogP contribution in [0.5, 0.6) is 5.75 Å². The summed E-state index contributed by atoms with van der Waals surface area (Å²) in [4.78, 5) is 8.15. The fraction of sp³-hybridized carbons (Fsp3) is 0.318. The standard InChI is InChI=1S/C22H25N3O/c1-5-25(6-2)15-11-12-18-20(13-15)26-21-14-19(24(3)4)16-9-7-8-10-17(16)22(21)23-18/h7-14,19H,5-6H2,1-4H3/p+1. The third-order valence-electron chi connectivity index (χ3n) is 5.23. The number of ether oxygens (including phenoxy) is 1. The summed E-state index contributed by atoms with van der Waals surface area (Å²) in [6.07, 6.45) is 2.21. The first kappa shape index (κ1) is 16.9. The molecular formula is C22H26N3O+. The highest BCUT2D eigenvalue weighted by molar-refractivity contribution is 6.11. The monoisotopic (exact) mass is 348 g/mol. The van der Waals surface area contributed by atoms with Crippen LogP contribution in [-0.4, -0.2) is 37.8 Å². The number of benzene rings is 2. The van der Waals surface area contributed by atoms with Crippen molar-refractivity contribution in [3.8, 4) is 5.75 Å². The number of hydrogen-bond donors (Lipinski definition) is 1. The molecule has 134 valence electrons. The third-order valence-corrected chi connectivity index (χ3v) is 5.23. The molecule has 4 nitrogen and oxygen atoms in total. The minimum absolute atomic E-state index is 0.208. The molecule has 1 atom stereocenters. The molecule has 2 aromatic rings. The highest BCUT2D eigenvalue weighted by atomic mass is 16.5. The SMILES string of the molecule is CCN(CC)c1ccc2c(c1)OC1=CC(N(C)C)c3ccccc3C1=[NH+]2. The van der Waals surface area contributed by atoms with Gasteiger partial charge in [-0.25, -0.2) is 0 Å². The van der Waals surface area contributed by atoms with E-state index in [0.717, 1.165) is 36.0 Å². The summed E-state index contributed by atoms with van der Waals surface area (Å²) in [5.74, 6) is 1.80. The molecule has 26 heavy (non-hydrogen) atoms. The Morgan fingerprint density at radius 3 is 2.54 bits per heavy atom. The minimum atomic E-state index is 0.208. The van der Waals surface area contributed by atoms with Crippen molar-refractivity contribution in [2.45, 2.75) is 19.9 Å². The largest absolute Gasteiger partial charge is 0.444 e. The van der Waals surface area contributed by atoms with Gasteiger partial charge >= 0.3 is 0 Å². The minimum Gasteiger partial charge on any atom is -0.444 e. The van der Waals surface area contributed by atoms with Gasteiger partial charge in [-0.1, -0.05) is 18.2 Å². The van der Waals surface area contributed by atoms with Gasteiger partial charge in [-0.3, -0.25) is 4.90 Å². The summed E-state index contributed by atoms with van der Waals surface area (Å²) in [5.41, 5.74) is 5.78. The number of fused-ring (bicyclic) bond motifs is 4. The Balaban J connectivity index is 1.82. The Bertz CT molecular complexity index is 894. The average molecular weight is 348 g/mol. The van der Waals surface area contributed by atoms with Gasteiger partial charge < -0.3 is 9.64 Å². The smallest absolute Gasteiger partial charge is 0.254 e. The molecule has 1 aliphatic heterocycles. The van der Waals surface area contributed by atoms with E-state index < -0.39 is 0 Å². The lowest BCUT2D eigenvalue weighted by Gasteiger charge is -2.29. The number of likely N-dealkylation sites (N-methyl/N-ethyl adjacent to an activating group) is 1. The van der Waals surface area contributed by atoms with Gasteiger partial charge in [-0.15, -0.1) is 0 Å². The summed E-state index contributed by atoms with van der Waals surface area (Å²) in [7, 11) is 4.21. The van der Waals surface area contributed by atoms with Crippen molar-refractivity contribution in [3.05, 3.63) is 65.4 Å². The van der Waals surface area contributed by atoms with E-state index >= 15 is 0 Å². The van der Waals surface area contributed by atoms with Gasteiger partial charge in [0.1, 0.15) is 0 Å². The zero-order chi connectivity index (χ0) is 18.3. The molecule has 1 aliphatic carbocycles. The van der Waals surface area contributed by atoms with E-state index in [-0.39, 0.29) is 6.04 Å². The molecule has 0 saturated carbocycles. The predicted octanol–water partition coefficient (Wildman–Crippen LogP) is 2.63. The van der Waals surface area contributed by atoms with E-state index in [4.69, 9.17) is 4.74 Å². The molecule has 1 heterocycles. The van der Waals surface area contributed by atoms with Crippen LogP contribution in [0, 0.1) is 0 Å². The molecule has 0 fully saturated rings. The number of allylic oxidation sites excluding steroid dienone is 1. The first-order valence-corrected chi connectivity index (χ1v) is 9.31. The Kier molecular flexibility index (Phi) is 4.29.